The molecule has 1 aromatic rings. The van der Waals surface area contributed by atoms with E-state index in [1.807, 2.05) is 0 Å². The lowest BCUT2D eigenvalue weighted by Gasteiger charge is -2.16. The Bertz CT molecular complexity index is 320. The number of nitrogens with two attached hydrogens (primary N) is 1. The van der Waals surface area contributed by atoms with Gasteiger partial charge in [-0.25, -0.2) is 0 Å². The second kappa shape index (κ2) is 4.01. The van der Waals surface area contributed by atoms with E-state index in [1.54, 1.807) is 0 Å². The Labute approximate surface area is 85.5 Å². The van der Waals surface area contributed by atoms with Crippen molar-refractivity contribution in [3.63, 3.8) is 0 Å². The molecule has 1 heterocycles. The summed E-state index contributed by atoms with van der Waals surface area (Å²) in [5.41, 5.74) is 9.87. The minimum Gasteiger partial charge on any atom is -0.385 e. The number of hydrogen-bond acceptors (Lipinski definition) is 2. The maximum absolute atomic E-state index is 5.81. The summed E-state index contributed by atoms with van der Waals surface area (Å²) in [7, 11) is 0. The summed E-state index contributed by atoms with van der Waals surface area (Å²) < 4.78 is 0. The lowest BCUT2D eigenvalue weighted by Crippen LogP contribution is -2.12. The SMILES string of the molecule is Cc1cccc2c1NCCCC2CN. The first-order chi connectivity index (χ1) is 6.83. The van der Waals surface area contributed by atoms with E-state index in [9.17, 15) is 0 Å². The number of fused-ring (bicyclic) bond motifs is 1. The molecule has 2 nitrogen and oxygen atoms in total. The second-order valence-electron chi connectivity index (χ2n) is 4.04. The van der Waals surface area contributed by atoms with Crippen molar-refractivity contribution in [2.45, 2.75) is 25.7 Å². The topological polar surface area (TPSA) is 38.0 Å². The Morgan fingerprint density at radius 3 is 3.14 bits per heavy atom. The number of anilines is 1. The molecular formula is C12H18N2. The van der Waals surface area contributed by atoms with Crippen LogP contribution in [0.4, 0.5) is 5.69 Å². The summed E-state index contributed by atoms with van der Waals surface area (Å²) in [6.45, 7) is 4.00. The number of nitrogens with one attached hydrogen (secondary N) is 1. The van der Waals surface area contributed by atoms with Gasteiger partial charge in [-0.3, -0.25) is 0 Å². The average Bonchev–Trinajstić information content (AvgIpc) is 2.40. The van der Waals surface area contributed by atoms with Crippen molar-refractivity contribution in [1.29, 1.82) is 0 Å². The van der Waals surface area contributed by atoms with E-state index in [4.69, 9.17) is 5.73 Å². The van der Waals surface area contributed by atoms with Gasteiger partial charge in [0.15, 0.2) is 0 Å². The Morgan fingerprint density at radius 2 is 2.36 bits per heavy atom. The van der Waals surface area contributed by atoms with Gasteiger partial charge in [-0.15, -0.1) is 0 Å². The van der Waals surface area contributed by atoms with Crippen LogP contribution >= 0.6 is 0 Å². The third-order valence-electron chi connectivity index (χ3n) is 3.06. The van der Waals surface area contributed by atoms with Gasteiger partial charge in [0, 0.05) is 12.2 Å². The highest BCUT2D eigenvalue weighted by Crippen LogP contribution is 2.32. The molecule has 0 aromatic heterocycles. The van der Waals surface area contributed by atoms with Gasteiger partial charge in [-0.2, -0.15) is 0 Å². The molecule has 0 saturated carbocycles. The fourth-order valence-electron chi connectivity index (χ4n) is 2.23. The predicted molar refractivity (Wildman–Crippen MR) is 60.7 cm³/mol. The Morgan fingerprint density at radius 1 is 1.50 bits per heavy atom. The first-order valence-electron chi connectivity index (χ1n) is 5.36. The van der Waals surface area contributed by atoms with E-state index >= 15 is 0 Å². The molecule has 1 atom stereocenters. The van der Waals surface area contributed by atoms with Crippen LogP contribution in [-0.2, 0) is 0 Å². The van der Waals surface area contributed by atoms with Crippen molar-refractivity contribution < 1.29 is 0 Å². The van der Waals surface area contributed by atoms with Crippen molar-refractivity contribution in [2.24, 2.45) is 5.73 Å². The fraction of sp³-hybridized carbons (Fsp3) is 0.500. The van der Waals surface area contributed by atoms with Crippen LogP contribution in [0.5, 0.6) is 0 Å². The van der Waals surface area contributed by atoms with Crippen molar-refractivity contribution in [2.75, 3.05) is 18.4 Å². The lowest BCUT2D eigenvalue weighted by molar-refractivity contribution is 0.626. The van der Waals surface area contributed by atoms with E-state index in [-0.39, 0.29) is 0 Å². The molecule has 0 radical (unpaired) electrons. The average molecular weight is 190 g/mol. The van der Waals surface area contributed by atoms with Crippen molar-refractivity contribution in [3.8, 4) is 0 Å². The summed E-state index contributed by atoms with van der Waals surface area (Å²) in [5.74, 6) is 0.542. The summed E-state index contributed by atoms with van der Waals surface area (Å²) in [6.07, 6.45) is 2.43. The van der Waals surface area contributed by atoms with Crippen molar-refractivity contribution in [1.82, 2.24) is 0 Å². The number of rotatable bonds is 1. The predicted octanol–water partition coefficient (Wildman–Crippen LogP) is 2.24. The highest BCUT2D eigenvalue weighted by molar-refractivity contribution is 5.59. The highest BCUT2D eigenvalue weighted by atomic mass is 14.9. The molecule has 0 amide bonds. The van der Waals surface area contributed by atoms with Crippen LogP contribution in [0.1, 0.15) is 29.9 Å². The first-order valence-corrected chi connectivity index (χ1v) is 5.36. The van der Waals surface area contributed by atoms with E-state index in [2.05, 4.69) is 30.4 Å². The third kappa shape index (κ3) is 1.62. The summed E-state index contributed by atoms with van der Waals surface area (Å²) >= 11 is 0. The third-order valence-corrected chi connectivity index (χ3v) is 3.06. The van der Waals surface area contributed by atoms with Gasteiger partial charge in [-0.05, 0) is 43.4 Å². The van der Waals surface area contributed by atoms with Crippen LogP contribution in [0, 0.1) is 6.92 Å². The van der Waals surface area contributed by atoms with Crippen molar-refractivity contribution in [3.05, 3.63) is 29.3 Å². The van der Waals surface area contributed by atoms with E-state index < -0.39 is 0 Å². The molecule has 1 aliphatic heterocycles. The molecule has 76 valence electrons. The Kier molecular flexibility index (Phi) is 2.73. The number of hydrogen-bond donors (Lipinski definition) is 2. The largest absolute Gasteiger partial charge is 0.385 e. The molecule has 1 aromatic carbocycles. The van der Waals surface area contributed by atoms with Gasteiger partial charge in [0.2, 0.25) is 0 Å². The smallest absolute Gasteiger partial charge is 0.0405 e. The zero-order valence-corrected chi connectivity index (χ0v) is 8.72. The van der Waals surface area contributed by atoms with Crippen LogP contribution in [0.15, 0.2) is 18.2 Å². The normalized spacial score (nSPS) is 20.9. The minimum atomic E-state index is 0.542. The molecule has 0 spiro atoms. The van der Waals surface area contributed by atoms with Gasteiger partial charge in [0.05, 0.1) is 0 Å². The molecule has 1 aliphatic rings. The van der Waals surface area contributed by atoms with Gasteiger partial charge < -0.3 is 11.1 Å². The maximum atomic E-state index is 5.81. The Hall–Kier alpha value is -1.02. The summed E-state index contributed by atoms with van der Waals surface area (Å²) in [4.78, 5) is 0. The molecule has 0 aliphatic carbocycles. The molecule has 14 heavy (non-hydrogen) atoms. The summed E-state index contributed by atoms with van der Waals surface area (Å²) in [6, 6.07) is 6.49. The van der Waals surface area contributed by atoms with Gasteiger partial charge in [0.25, 0.3) is 0 Å². The highest BCUT2D eigenvalue weighted by Gasteiger charge is 2.17. The molecule has 2 heteroatoms. The van der Waals surface area contributed by atoms with Crippen LogP contribution in [0.2, 0.25) is 0 Å². The zero-order valence-electron chi connectivity index (χ0n) is 8.72. The summed E-state index contributed by atoms with van der Waals surface area (Å²) in [5, 5.41) is 3.50. The minimum absolute atomic E-state index is 0.542. The van der Waals surface area contributed by atoms with Crippen LogP contribution in [-0.4, -0.2) is 13.1 Å². The maximum Gasteiger partial charge on any atom is 0.0405 e. The van der Waals surface area contributed by atoms with Gasteiger partial charge >= 0.3 is 0 Å². The molecule has 1 unspecified atom stereocenters. The molecule has 3 N–H and O–H groups in total. The van der Waals surface area contributed by atoms with Gasteiger partial charge in [0.1, 0.15) is 0 Å². The number of aryl methyl sites for hydroxylation is 1. The van der Waals surface area contributed by atoms with E-state index in [1.165, 1.54) is 29.7 Å². The fourth-order valence-corrected chi connectivity index (χ4v) is 2.23. The first kappa shape index (κ1) is 9.53. The van der Waals surface area contributed by atoms with Crippen LogP contribution < -0.4 is 11.1 Å². The van der Waals surface area contributed by atoms with E-state index in [0.717, 1.165) is 13.1 Å². The van der Waals surface area contributed by atoms with Crippen LogP contribution in [0.25, 0.3) is 0 Å². The molecule has 0 fully saturated rings. The zero-order chi connectivity index (χ0) is 9.97. The molecule has 0 saturated heterocycles. The standard InChI is InChI=1S/C12H18N2/c1-9-4-2-6-11-10(8-13)5-3-7-14-12(9)11/h2,4,6,10,14H,3,5,7-8,13H2,1H3. The second-order valence-corrected chi connectivity index (χ2v) is 4.04. The number of benzene rings is 1. The lowest BCUT2D eigenvalue weighted by atomic mass is 9.93. The van der Waals surface area contributed by atoms with Gasteiger partial charge in [-0.1, -0.05) is 18.2 Å². The molecular weight excluding hydrogens is 172 g/mol. The van der Waals surface area contributed by atoms with E-state index in [0.29, 0.717) is 5.92 Å². The monoisotopic (exact) mass is 190 g/mol. The quantitative estimate of drug-likeness (QED) is 0.712. The Balaban J connectivity index is 2.44. The molecule has 0 bridgehead atoms. The van der Waals surface area contributed by atoms with Crippen molar-refractivity contribution >= 4 is 5.69 Å². The van der Waals surface area contributed by atoms with Crippen LogP contribution in [0.3, 0.4) is 0 Å². The molecule has 2 rings (SSSR count). The number of para-hydroxylation sites is 1.